The molecule has 6 heteroatoms. The van der Waals surface area contributed by atoms with Crippen molar-refractivity contribution in [3.63, 3.8) is 0 Å². The molecular weight excluding hydrogens is 348 g/mol. The van der Waals surface area contributed by atoms with Crippen LogP contribution in [0.1, 0.15) is 43.5 Å². The van der Waals surface area contributed by atoms with Gasteiger partial charge in [-0.2, -0.15) is 9.61 Å². The van der Waals surface area contributed by atoms with E-state index >= 15 is 0 Å². The lowest BCUT2D eigenvalue weighted by molar-refractivity contribution is 0.414. The predicted octanol–water partition coefficient (Wildman–Crippen LogP) is 4.89. The van der Waals surface area contributed by atoms with Gasteiger partial charge in [-0.3, -0.25) is 0 Å². The molecule has 0 unspecified atom stereocenters. The molecule has 0 fully saturated rings. The van der Waals surface area contributed by atoms with Gasteiger partial charge in [-0.05, 0) is 37.5 Å². The number of ether oxygens (including phenoxy) is 1. The Morgan fingerprint density at radius 2 is 2.00 bits per heavy atom. The van der Waals surface area contributed by atoms with Gasteiger partial charge in [0.15, 0.2) is 5.65 Å². The SMILES string of the molecule is CCC(CC)Nc1c(C)c(Cc2ccc(OC)cc2Cl)nc2ccnn12. The summed E-state index contributed by atoms with van der Waals surface area (Å²) in [6.07, 6.45) is 4.55. The Morgan fingerprint density at radius 1 is 1.23 bits per heavy atom. The van der Waals surface area contributed by atoms with Crippen LogP contribution < -0.4 is 10.1 Å². The third-order valence-electron chi connectivity index (χ3n) is 4.82. The van der Waals surface area contributed by atoms with Crippen molar-refractivity contribution in [1.82, 2.24) is 14.6 Å². The van der Waals surface area contributed by atoms with E-state index < -0.39 is 0 Å². The number of fused-ring (bicyclic) bond motifs is 1. The van der Waals surface area contributed by atoms with Crippen molar-refractivity contribution in [3.05, 3.63) is 52.3 Å². The molecule has 0 bridgehead atoms. The zero-order valence-electron chi connectivity index (χ0n) is 15.7. The zero-order valence-corrected chi connectivity index (χ0v) is 16.5. The third kappa shape index (κ3) is 3.63. The highest BCUT2D eigenvalue weighted by Gasteiger charge is 2.16. The number of anilines is 1. The van der Waals surface area contributed by atoms with Crippen LogP contribution in [0, 0.1) is 6.92 Å². The molecule has 0 aliphatic heterocycles. The van der Waals surface area contributed by atoms with Crippen molar-refractivity contribution >= 4 is 23.1 Å². The molecule has 26 heavy (non-hydrogen) atoms. The van der Waals surface area contributed by atoms with E-state index in [1.54, 1.807) is 13.3 Å². The van der Waals surface area contributed by atoms with Crippen LogP contribution in [0.15, 0.2) is 30.5 Å². The Labute approximate surface area is 159 Å². The van der Waals surface area contributed by atoms with E-state index in [0.717, 1.165) is 46.9 Å². The summed E-state index contributed by atoms with van der Waals surface area (Å²) in [6, 6.07) is 8.10. The van der Waals surface area contributed by atoms with Gasteiger partial charge in [-0.1, -0.05) is 31.5 Å². The molecule has 5 nitrogen and oxygen atoms in total. The van der Waals surface area contributed by atoms with Crippen LogP contribution in [0.3, 0.4) is 0 Å². The minimum Gasteiger partial charge on any atom is -0.497 e. The smallest absolute Gasteiger partial charge is 0.157 e. The minimum atomic E-state index is 0.404. The first-order valence-corrected chi connectivity index (χ1v) is 9.37. The highest BCUT2D eigenvalue weighted by Crippen LogP contribution is 2.28. The first-order chi connectivity index (χ1) is 12.6. The van der Waals surface area contributed by atoms with Crippen LogP contribution in [0.4, 0.5) is 5.82 Å². The number of methoxy groups -OCH3 is 1. The maximum absolute atomic E-state index is 6.44. The maximum Gasteiger partial charge on any atom is 0.157 e. The van der Waals surface area contributed by atoms with Crippen molar-refractivity contribution in [3.8, 4) is 5.75 Å². The number of benzene rings is 1. The highest BCUT2D eigenvalue weighted by atomic mass is 35.5. The summed E-state index contributed by atoms with van der Waals surface area (Å²) in [4.78, 5) is 4.80. The van der Waals surface area contributed by atoms with E-state index in [1.165, 1.54) is 0 Å². The quantitative estimate of drug-likeness (QED) is 0.641. The molecule has 3 aromatic rings. The van der Waals surface area contributed by atoms with Crippen LogP contribution >= 0.6 is 11.6 Å². The lowest BCUT2D eigenvalue weighted by Gasteiger charge is -2.20. The second kappa shape index (κ2) is 7.96. The summed E-state index contributed by atoms with van der Waals surface area (Å²) in [5.41, 5.74) is 3.96. The summed E-state index contributed by atoms with van der Waals surface area (Å²) in [5.74, 6) is 1.76. The summed E-state index contributed by atoms with van der Waals surface area (Å²) in [6.45, 7) is 6.47. The van der Waals surface area contributed by atoms with Crippen molar-refractivity contribution in [2.75, 3.05) is 12.4 Å². The fourth-order valence-corrected chi connectivity index (χ4v) is 3.31. The Hall–Kier alpha value is -2.27. The molecule has 0 amide bonds. The van der Waals surface area contributed by atoms with Gasteiger partial charge >= 0.3 is 0 Å². The van der Waals surface area contributed by atoms with E-state index in [-0.39, 0.29) is 0 Å². The summed E-state index contributed by atoms with van der Waals surface area (Å²) in [7, 11) is 1.64. The Balaban J connectivity index is 2.02. The maximum atomic E-state index is 6.44. The molecule has 0 saturated carbocycles. The molecule has 0 radical (unpaired) electrons. The fraction of sp³-hybridized carbons (Fsp3) is 0.400. The van der Waals surface area contributed by atoms with Gasteiger partial charge in [-0.25, -0.2) is 4.98 Å². The van der Waals surface area contributed by atoms with Gasteiger partial charge in [0, 0.05) is 29.1 Å². The van der Waals surface area contributed by atoms with E-state index in [0.29, 0.717) is 17.5 Å². The molecule has 138 valence electrons. The van der Waals surface area contributed by atoms with E-state index in [2.05, 4.69) is 31.2 Å². The van der Waals surface area contributed by atoms with Crippen LogP contribution in [0.25, 0.3) is 5.65 Å². The van der Waals surface area contributed by atoms with E-state index in [4.69, 9.17) is 21.3 Å². The lowest BCUT2D eigenvalue weighted by atomic mass is 10.1. The normalized spacial score (nSPS) is 11.3. The number of nitrogens with zero attached hydrogens (tertiary/aromatic N) is 3. The van der Waals surface area contributed by atoms with Gasteiger partial charge in [-0.15, -0.1) is 0 Å². The number of aromatic nitrogens is 3. The first-order valence-electron chi connectivity index (χ1n) is 8.99. The Morgan fingerprint density at radius 3 is 2.65 bits per heavy atom. The average Bonchev–Trinajstić information content (AvgIpc) is 3.11. The molecule has 0 aliphatic rings. The van der Waals surface area contributed by atoms with Crippen LogP contribution in [0.2, 0.25) is 5.02 Å². The zero-order chi connectivity index (χ0) is 18.7. The van der Waals surface area contributed by atoms with E-state index in [1.807, 2.05) is 28.8 Å². The molecule has 1 N–H and O–H groups in total. The summed E-state index contributed by atoms with van der Waals surface area (Å²) < 4.78 is 7.12. The number of hydrogen-bond acceptors (Lipinski definition) is 4. The van der Waals surface area contributed by atoms with Crippen LogP contribution in [0.5, 0.6) is 5.75 Å². The van der Waals surface area contributed by atoms with Gasteiger partial charge in [0.05, 0.1) is 19.0 Å². The molecule has 2 aromatic heterocycles. The van der Waals surface area contributed by atoms with Crippen molar-refractivity contribution in [2.45, 2.75) is 46.1 Å². The van der Waals surface area contributed by atoms with Crippen molar-refractivity contribution < 1.29 is 4.74 Å². The lowest BCUT2D eigenvalue weighted by Crippen LogP contribution is -2.21. The highest BCUT2D eigenvalue weighted by molar-refractivity contribution is 6.31. The van der Waals surface area contributed by atoms with Crippen LogP contribution in [-0.4, -0.2) is 27.7 Å². The number of rotatable bonds is 7. The van der Waals surface area contributed by atoms with Gasteiger partial charge in [0.1, 0.15) is 11.6 Å². The largest absolute Gasteiger partial charge is 0.497 e. The molecule has 1 aromatic carbocycles. The molecule has 0 spiro atoms. The van der Waals surface area contributed by atoms with Gasteiger partial charge < -0.3 is 10.1 Å². The molecule has 0 aliphatic carbocycles. The Kier molecular flexibility index (Phi) is 5.67. The third-order valence-corrected chi connectivity index (χ3v) is 5.17. The molecular formula is C20H25ClN4O. The number of nitrogens with one attached hydrogen (secondary N) is 1. The number of hydrogen-bond donors (Lipinski definition) is 1. The van der Waals surface area contributed by atoms with Crippen molar-refractivity contribution in [1.29, 1.82) is 0 Å². The van der Waals surface area contributed by atoms with E-state index in [9.17, 15) is 0 Å². The minimum absolute atomic E-state index is 0.404. The molecule has 0 saturated heterocycles. The summed E-state index contributed by atoms with van der Waals surface area (Å²) in [5, 5.41) is 8.77. The fourth-order valence-electron chi connectivity index (χ4n) is 3.08. The van der Waals surface area contributed by atoms with Crippen LogP contribution in [-0.2, 0) is 6.42 Å². The number of halogens is 1. The topological polar surface area (TPSA) is 51.5 Å². The Bertz CT molecular complexity index is 902. The van der Waals surface area contributed by atoms with Gasteiger partial charge in [0.25, 0.3) is 0 Å². The van der Waals surface area contributed by atoms with Gasteiger partial charge in [0.2, 0.25) is 0 Å². The van der Waals surface area contributed by atoms with Crippen molar-refractivity contribution in [2.24, 2.45) is 0 Å². The first kappa shape index (κ1) is 18.5. The molecule has 0 atom stereocenters. The predicted molar refractivity (Wildman–Crippen MR) is 107 cm³/mol. The standard InChI is InChI=1S/C20H25ClN4O/c1-5-15(6-2)23-20-13(3)18(24-19-9-10-22-25(19)20)11-14-7-8-16(26-4)12-17(14)21/h7-10,12,15,23H,5-6,11H2,1-4H3. The second-order valence-electron chi connectivity index (χ2n) is 6.43. The second-order valence-corrected chi connectivity index (χ2v) is 6.83. The molecule has 2 heterocycles. The summed E-state index contributed by atoms with van der Waals surface area (Å²) >= 11 is 6.44. The average molecular weight is 373 g/mol. The monoisotopic (exact) mass is 372 g/mol. The molecule has 3 rings (SSSR count).